The molecule has 0 radical (unpaired) electrons. The van der Waals surface area contributed by atoms with Crippen LogP contribution in [0.1, 0.15) is 6.42 Å². The first-order valence-electron chi connectivity index (χ1n) is 1.67. The molecule has 0 aromatic rings. The van der Waals surface area contributed by atoms with Gasteiger partial charge in [0.25, 0.3) is 0 Å². The number of hydrogen-bond donors (Lipinski definition) is 1. The summed E-state index contributed by atoms with van der Waals surface area (Å²) in [5.41, 5.74) is 0. The van der Waals surface area contributed by atoms with E-state index in [4.69, 9.17) is 6.42 Å². The van der Waals surface area contributed by atoms with Gasteiger partial charge in [-0.1, -0.05) is 0 Å². The third-order valence-corrected chi connectivity index (χ3v) is 0.364. The van der Waals surface area contributed by atoms with Gasteiger partial charge in [-0.25, -0.2) is 5.90 Å². The third kappa shape index (κ3) is 10.7. The maximum absolute atomic E-state index is 4.83. The first kappa shape index (κ1) is 9.91. The van der Waals surface area contributed by atoms with Crippen LogP contribution in [-0.2, 0) is 4.84 Å². The van der Waals surface area contributed by atoms with Gasteiger partial charge in [0, 0.05) is 6.42 Å². The number of rotatable bonds is 2. The largest absolute Gasteiger partial charge is 0.304 e. The average Bonchev–Trinajstić information content (AvgIpc) is 1.61. The van der Waals surface area contributed by atoms with E-state index in [-0.39, 0.29) is 12.4 Å². The highest BCUT2D eigenvalue weighted by Crippen LogP contribution is 1.68. The summed E-state index contributed by atoms with van der Waals surface area (Å²) in [7, 11) is 0. The van der Waals surface area contributed by atoms with E-state index in [1.807, 2.05) is 0 Å². The molecule has 0 aromatic heterocycles. The lowest BCUT2D eigenvalue weighted by atomic mass is 10.5. The van der Waals surface area contributed by atoms with Crippen molar-refractivity contribution in [3.8, 4) is 12.3 Å². The van der Waals surface area contributed by atoms with Crippen molar-refractivity contribution in [1.82, 2.24) is 0 Å². The maximum Gasteiger partial charge on any atom is 0.0788 e. The van der Waals surface area contributed by atoms with Crippen LogP contribution in [0.5, 0.6) is 0 Å². The van der Waals surface area contributed by atoms with Gasteiger partial charge in [0.05, 0.1) is 6.61 Å². The van der Waals surface area contributed by atoms with E-state index < -0.39 is 0 Å². The molecule has 0 rings (SSSR count). The van der Waals surface area contributed by atoms with Crippen LogP contribution >= 0.6 is 12.4 Å². The van der Waals surface area contributed by atoms with Crippen LogP contribution in [0.3, 0.4) is 0 Å². The van der Waals surface area contributed by atoms with E-state index in [0.717, 1.165) is 0 Å². The SMILES string of the molecule is C#CCCON.Cl. The summed E-state index contributed by atoms with van der Waals surface area (Å²) >= 11 is 0. The molecule has 0 heterocycles. The zero-order valence-corrected chi connectivity index (χ0v) is 4.70. The van der Waals surface area contributed by atoms with Crippen molar-refractivity contribution in [2.75, 3.05) is 6.61 Å². The molecule has 0 fully saturated rings. The third-order valence-electron chi connectivity index (χ3n) is 0.364. The summed E-state index contributed by atoms with van der Waals surface area (Å²) in [5, 5.41) is 0. The molecule has 7 heavy (non-hydrogen) atoms. The van der Waals surface area contributed by atoms with Crippen LogP contribution in [0.4, 0.5) is 0 Å². The summed E-state index contributed by atoms with van der Waals surface area (Å²) in [6.07, 6.45) is 5.42. The van der Waals surface area contributed by atoms with Crippen LogP contribution < -0.4 is 5.90 Å². The second kappa shape index (κ2) is 9.24. The molecular formula is C4H8ClNO. The highest BCUT2D eigenvalue weighted by Gasteiger charge is 1.70. The van der Waals surface area contributed by atoms with Crippen molar-refractivity contribution in [3.05, 3.63) is 0 Å². The molecule has 0 atom stereocenters. The zero-order chi connectivity index (χ0) is 4.83. The normalized spacial score (nSPS) is 6.29. The minimum Gasteiger partial charge on any atom is -0.304 e. The fourth-order valence-electron chi connectivity index (χ4n) is 0.118. The molecular weight excluding hydrogens is 114 g/mol. The van der Waals surface area contributed by atoms with Crippen molar-refractivity contribution in [1.29, 1.82) is 0 Å². The molecule has 0 spiro atoms. The Kier molecular flexibility index (Phi) is 13.1. The molecule has 0 amide bonds. The van der Waals surface area contributed by atoms with Gasteiger partial charge in [-0.05, 0) is 0 Å². The molecule has 0 aliphatic heterocycles. The van der Waals surface area contributed by atoms with Gasteiger partial charge in [-0.3, -0.25) is 0 Å². The van der Waals surface area contributed by atoms with E-state index >= 15 is 0 Å². The Morgan fingerprint density at radius 1 is 1.71 bits per heavy atom. The average molecular weight is 122 g/mol. The van der Waals surface area contributed by atoms with E-state index in [0.29, 0.717) is 13.0 Å². The van der Waals surface area contributed by atoms with Gasteiger partial charge in [0.2, 0.25) is 0 Å². The number of terminal acetylenes is 1. The highest BCUT2D eigenvalue weighted by atomic mass is 35.5. The lowest BCUT2D eigenvalue weighted by Crippen LogP contribution is -1.98. The Bertz CT molecular complexity index is 59.2. The molecule has 0 bridgehead atoms. The molecule has 3 heteroatoms. The Morgan fingerprint density at radius 3 is 2.43 bits per heavy atom. The summed E-state index contributed by atoms with van der Waals surface area (Å²) in [4.78, 5) is 4.14. The molecule has 0 aromatic carbocycles. The minimum atomic E-state index is 0. The van der Waals surface area contributed by atoms with Crippen molar-refractivity contribution < 1.29 is 4.84 Å². The maximum atomic E-state index is 4.83. The molecule has 0 aliphatic carbocycles. The second-order valence-corrected chi connectivity index (χ2v) is 0.825. The minimum absolute atomic E-state index is 0. The predicted octanol–water partition coefficient (Wildman–Crippen LogP) is 0.322. The first-order chi connectivity index (χ1) is 2.91. The molecule has 0 aliphatic rings. The van der Waals surface area contributed by atoms with Crippen molar-refractivity contribution >= 4 is 12.4 Å². The quantitative estimate of drug-likeness (QED) is 0.325. The smallest absolute Gasteiger partial charge is 0.0788 e. The van der Waals surface area contributed by atoms with Crippen LogP contribution in [0.25, 0.3) is 0 Å². The molecule has 2 N–H and O–H groups in total. The Hall–Kier alpha value is -0.230. The monoisotopic (exact) mass is 121 g/mol. The summed E-state index contributed by atoms with van der Waals surface area (Å²) in [5.74, 6) is 6.98. The van der Waals surface area contributed by atoms with Gasteiger partial charge < -0.3 is 4.84 Å². The van der Waals surface area contributed by atoms with Gasteiger partial charge in [-0.15, -0.1) is 24.8 Å². The van der Waals surface area contributed by atoms with E-state index in [1.54, 1.807) is 0 Å². The first-order valence-corrected chi connectivity index (χ1v) is 1.67. The van der Waals surface area contributed by atoms with E-state index in [2.05, 4.69) is 16.7 Å². The summed E-state index contributed by atoms with van der Waals surface area (Å²) < 4.78 is 0. The molecule has 0 saturated carbocycles. The standard InChI is InChI=1S/C4H7NO.ClH/c1-2-3-4-6-5;/h1H,3-5H2;1H. The van der Waals surface area contributed by atoms with Crippen LogP contribution in [0, 0.1) is 12.3 Å². The van der Waals surface area contributed by atoms with E-state index in [1.165, 1.54) is 0 Å². The Labute approximate surface area is 49.4 Å². The lowest BCUT2D eigenvalue weighted by molar-refractivity contribution is 0.144. The van der Waals surface area contributed by atoms with Crippen molar-refractivity contribution in [3.63, 3.8) is 0 Å². The second-order valence-electron chi connectivity index (χ2n) is 0.825. The summed E-state index contributed by atoms with van der Waals surface area (Å²) in [6.45, 7) is 0.455. The van der Waals surface area contributed by atoms with Crippen LogP contribution in [0.15, 0.2) is 0 Å². The number of halogens is 1. The fraction of sp³-hybridized carbons (Fsp3) is 0.500. The molecule has 0 unspecified atom stereocenters. The van der Waals surface area contributed by atoms with Crippen molar-refractivity contribution in [2.45, 2.75) is 6.42 Å². The lowest BCUT2D eigenvalue weighted by Gasteiger charge is -1.83. The Morgan fingerprint density at radius 2 is 2.29 bits per heavy atom. The van der Waals surface area contributed by atoms with Gasteiger partial charge >= 0.3 is 0 Å². The Balaban J connectivity index is 0. The topological polar surface area (TPSA) is 35.2 Å². The summed E-state index contributed by atoms with van der Waals surface area (Å²) in [6, 6.07) is 0. The van der Waals surface area contributed by atoms with Crippen molar-refractivity contribution in [2.24, 2.45) is 5.90 Å². The highest BCUT2D eigenvalue weighted by molar-refractivity contribution is 5.85. The molecule has 42 valence electrons. The number of hydrogen-bond acceptors (Lipinski definition) is 2. The van der Waals surface area contributed by atoms with Crippen LogP contribution in [0.2, 0.25) is 0 Å². The zero-order valence-electron chi connectivity index (χ0n) is 3.89. The van der Waals surface area contributed by atoms with Gasteiger partial charge in [0.15, 0.2) is 0 Å². The van der Waals surface area contributed by atoms with Gasteiger partial charge in [0.1, 0.15) is 0 Å². The van der Waals surface area contributed by atoms with Crippen LogP contribution in [-0.4, -0.2) is 6.61 Å². The molecule has 0 saturated heterocycles. The fourth-order valence-corrected chi connectivity index (χ4v) is 0.118. The van der Waals surface area contributed by atoms with Gasteiger partial charge in [-0.2, -0.15) is 0 Å². The van der Waals surface area contributed by atoms with E-state index in [9.17, 15) is 0 Å². The molecule has 2 nitrogen and oxygen atoms in total. The number of nitrogens with two attached hydrogens (primary N) is 1. The predicted molar refractivity (Wildman–Crippen MR) is 30.8 cm³/mol.